The highest BCUT2D eigenvalue weighted by Crippen LogP contribution is 2.38. The molecular formula is C8H12NO2S+. The predicted molar refractivity (Wildman–Crippen MR) is 48.7 cm³/mol. The molecule has 1 unspecified atom stereocenters. The monoisotopic (exact) mass is 186 g/mol. The first kappa shape index (κ1) is 9.19. The molecule has 0 saturated heterocycles. The van der Waals surface area contributed by atoms with Gasteiger partial charge in [0.05, 0.1) is 6.20 Å². The zero-order chi connectivity index (χ0) is 9.35. The highest BCUT2D eigenvalue weighted by molar-refractivity contribution is 7.32. The SMILES string of the molecule is CC(C)(C)[s+]1cncc1C(=O)O. The molecular weight excluding hydrogens is 174 g/mol. The summed E-state index contributed by atoms with van der Waals surface area (Å²) in [6.45, 7) is 6.05. The summed E-state index contributed by atoms with van der Waals surface area (Å²) < 4.78 is -0.0375. The lowest BCUT2D eigenvalue weighted by atomic mass is 10.3. The van der Waals surface area contributed by atoms with E-state index < -0.39 is 5.97 Å². The van der Waals surface area contributed by atoms with Crippen molar-refractivity contribution in [1.29, 1.82) is 0 Å². The lowest BCUT2D eigenvalue weighted by Gasteiger charge is -2.07. The fourth-order valence-electron chi connectivity index (χ4n) is 0.910. The van der Waals surface area contributed by atoms with Crippen LogP contribution in [0.1, 0.15) is 30.4 Å². The number of carboxylic acid groups (broad SMARTS) is 1. The number of hydrogen-bond acceptors (Lipinski definition) is 2. The van der Waals surface area contributed by atoms with Crippen molar-refractivity contribution in [3.8, 4) is 0 Å². The van der Waals surface area contributed by atoms with E-state index in [2.05, 4.69) is 4.98 Å². The van der Waals surface area contributed by atoms with Gasteiger partial charge in [0.1, 0.15) is 4.75 Å². The van der Waals surface area contributed by atoms with E-state index in [4.69, 9.17) is 5.11 Å². The van der Waals surface area contributed by atoms with Crippen molar-refractivity contribution >= 4 is 16.4 Å². The van der Waals surface area contributed by atoms with Gasteiger partial charge in [-0.15, -0.1) is 0 Å². The number of carbonyl (C=O) groups is 1. The van der Waals surface area contributed by atoms with Crippen LogP contribution in [0.4, 0.5) is 0 Å². The Bertz CT molecular complexity index is 298. The molecule has 1 atom stereocenters. The maximum Gasteiger partial charge on any atom is 0.390 e. The van der Waals surface area contributed by atoms with Crippen molar-refractivity contribution in [3.63, 3.8) is 0 Å². The van der Waals surface area contributed by atoms with E-state index in [1.54, 1.807) is 5.51 Å². The Morgan fingerprint density at radius 3 is 2.50 bits per heavy atom. The molecule has 4 heteroatoms. The van der Waals surface area contributed by atoms with Gasteiger partial charge in [-0.3, -0.25) is 0 Å². The molecule has 1 rings (SSSR count). The molecule has 1 aromatic rings. The average molecular weight is 186 g/mol. The summed E-state index contributed by atoms with van der Waals surface area (Å²) in [5, 5.41) is 8.81. The van der Waals surface area contributed by atoms with Gasteiger partial charge >= 0.3 is 5.97 Å². The van der Waals surface area contributed by atoms with Crippen molar-refractivity contribution in [2.24, 2.45) is 0 Å². The number of carboxylic acids is 1. The Kier molecular flexibility index (Phi) is 2.19. The lowest BCUT2D eigenvalue weighted by molar-refractivity contribution is 0.0701. The van der Waals surface area contributed by atoms with E-state index in [1.807, 2.05) is 20.8 Å². The van der Waals surface area contributed by atoms with Crippen LogP contribution in [0.5, 0.6) is 0 Å². The van der Waals surface area contributed by atoms with E-state index in [1.165, 1.54) is 6.20 Å². The summed E-state index contributed by atoms with van der Waals surface area (Å²) in [5.74, 6) is -0.856. The van der Waals surface area contributed by atoms with Crippen LogP contribution in [-0.4, -0.2) is 16.1 Å². The third-order valence-electron chi connectivity index (χ3n) is 1.47. The van der Waals surface area contributed by atoms with Crippen molar-refractivity contribution < 1.29 is 9.90 Å². The average Bonchev–Trinajstić information content (AvgIpc) is 2.30. The molecule has 0 amide bonds. The molecule has 0 aliphatic heterocycles. The summed E-state index contributed by atoms with van der Waals surface area (Å²) in [7, 11) is -0.343. The van der Waals surface area contributed by atoms with Crippen LogP contribution in [0.25, 0.3) is 0 Å². The second-order valence-corrected chi connectivity index (χ2v) is 6.05. The fraction of sp³-hybridized carbons (Fsp3) is 0.500. The molecule has 12 heavy (non-hydrogen) atoms. The van der Waals surface area contributed by atoms with Crippen LogP contribution < -0.4 is 0 Å². The molecule has 0 fully saturated rings. The summed E-state index contributed by atoms with van der Waals surface area (Å²) in [6.07, 6.45) is 1.44. The topological polar surface area (TPSA) is 50.2 Å². The van der Waals surface area contributed by atoms with Gasteiger partial charge in [-0.25, -0.2) is 9.78 Å². The largest absolute Gasteiger partial charge is 0.474 e. The van der Waals surface area contributed by atoms with Crippen molar-refractivity contribution in [1.82, 2.24) is 4.98 Å². The zero-order valence-electron chi connectivity index (χ0n) is 7.37. The fourth-order valence-corrected chi connectivity index (χ4v) is 2.54. The highest BCUT2D eigenvalue weighted by Gasteiger charge is 2.32. The third-order valence-corrected chi connectivity index (χ3v) is 3.87. The molecule has 0 aliphatic carbocycles. The molecule has 0 spiro atoms. The van der Waals surface area contributed by atoms with Gasteiger partial charge in [0.15, 0.2) is 0 Å². The second-order valence-electron chi connectivity index (χ2n) is 3.50. The molecule has 0 bridgehead atoms. The van der Waals surface area contributed by atoms with Crippen molar-refractivity contribution in [2.75, 3.05) is 0 Å². The van der Waals surface area contributed by atoms with Gasteiger partial charge in [-0.05, 0) is 20.8 Å². The van der Waals surface area contributed by atoms with Gasteiger partial charge in [0.25, 0.3) is 4.88 Å². The van der Waals surface area contributed by atoms with Crippen LogP contribution in [0.3, 0.4) is 0 Å². The summed E-state index contributed by atoms with van der Waals surface area (Å²) >= 11 is 0. The first-order valence-corrected chi connectivity index (χ1v) is 4.91. The summed E-state index contributed by atoms with van der Waals surface area (Å²) in [6, 6.07) is 0. The molecule has 0 aromatic carbocycles. The van der Waals surface area contributed by atoms with Gasteiger partial charge < -0.3 is 5.11 Å². The minimum Gasteiger partial charge on any atom is -0.474 e. The minimum absolute atomic E-state index is 0.0375. The lowest BCUT2D eigenvalue weighted by Crippen LogP contribution is -2.06. The van der Waals surface area contributed by atoms with Gasteiger partial charge in [0.2, 0.25) is 5.51 Å². The normalized spacial score (nSPS) is 13.1. The Hall–Kier alpha value is -0.900. The molecule has 66 valence electrons. The van der Waals surface area contributed by atoms with Crippen LogP contribution in [0.2, 0.25) is 0 Å². The number of aromatic carboxylic acids is 1. The second kappa shape index (κ2) is 2.86. The number of hydrogen-bond donors (Lipinski definition) is 1. The zero-order valence-corrected chi connectivity index (χ0v) is 8.18. The van der Waals surface area contributed by atoms with Gasteiger partial charge in [-0.2, -0.15) is 0 Å². The van der Waals surface area contributed by atoms with Crippen molar-refractivity contribution in [2.45, 2.75) is 25.5 Å². The summed E-state index contributed by atoms with van der Waals surface area (Å²) in [5.41, 5.74) is 1.73. The standard InChI is InChI=1S/C8H11NO2S/c1-8(2,3)12-5-9-4-6(12)7(10)11/h4-5H,1-3H3/p+1. The minimum atomic E-state index is -0.856. The van der Waals surface area contributed by atoms with Crippen LogP contribution in [0, 0.1) is 0 Å². The molecule has 0 saturated carbocycles. The number of rotatable bonds is 1. The maximum absolute atomic E-state index is 10.7. The van der Waals surface area contributed by atoms with Gasteiger partial charge in [-0.1, -0.05) is 0 Å². The quantitative estimate of drug-likeness (QED) is 0.684. The van der Waals surface area contributed by atoms with Gasteiger partial charge in [0, 0.05) is 10.5 Å². The van der Waals surface area contributed by atoms with Crippen molar-refractivity contribution in [3.05, 3.63) is 16.6 Å². The Balaban J connectivity index is 3.17. The molecule has 0 aliphatic rings. The molecule has 0 radical (unpaired) electrons. The summed E-state index contributed by atoms with van der Waals surface area (Å²) in [4.78, 5) is 15.0. The van der Waals surface area contributed by atoms with E-state index >= 15 is 0 Å². The van der Waals surface area contributed by atoms with Crippen LogP contribution in [-0.2, 0) is 4.75 Å². The Morgan fingerprint density at radius 1 is 1.58 bits per heavy atom. The molecule has 1 heterocycles. The number of thiazole rings is 1. The maximum atomic E-state index is 10.7. The van der Waals surface area contributed by atoms with E-state index in [0.717, 1.165) is 0 Å². The molecule has 1 aromatic heterocycles. The van der Waals surface area contributed by atoms with E-state index in [0.29, 0.717) is 4.88 Å². The molecule has 3 nitrogen and oxygen atoms in total. The first-order chi connectivity index (χ1) is 5.43. The Labute approximate surface area is 74.0 Å². The first-order valence-electron chi connectivity index (χ1n) is 3.63. The van der Waals surface area contributed by atoms with Crippen LogP contribution >= 0.6 is 10.5 Å². The highest BCUT2D eigenvalue weighted by atomic mass is 32.2. The third kappa shape index (κ3) is 1.64. The Morgan fingerprint density at radius 2 is 2.17 bits per heavy atom. The number of aromatic nitrogens is 1. The van der Waals surface area contributed by atoms with Crippen LogP contribution in [0.15, 0.2) is 11.7 Å². The predicted octanol–water partition coefficient (Wildman–Crippen LogP) is 2.28. The molecule has 1 N–H and O–H groups in total. The smallest absolute Gasteiger partial charge is 0.390 e. The number of nitrogens with zero attached hydrogens (tertiary/aromatic N) is 1. The van der Waals surface area contributed by atoms with E-state index in [-0.39, 0.29) is 15.2 Å². The van der Waals surface area contributed by atoms with E-state index in [9.17, 15) is 4.79 Å².